The zero-order valence-electron chi connectivity index (χ0n) is 19.7. The van der Waals surface area contributed by atoms with Crippen molar-refractivity contribution in [2.75, 3.05) is 41.3 Å². The number of nitrogens with one attached hydrogen (secondary N) is 1. The van der Waals surface area contributed by atoms with Gasteiger partial charge in [0.1, 0.15) is 0 Å². The maximum absolute atomic E-state index is 3.70. The van der Waals surface area contributed by atoms with Crippen LogP contribution in [-0.4, -0.2) is 41.1 Å². The fourth-order valence-corrected chi connectivity index (χ4v) is 6.24. The van der Waals surface area contributed by atoms with Crippen molar-refractivity contribution < 1.29 is 24.0 Å². The van der Waals surface area contributed by atoms with Crippen LogP contribution in [-0.2, 0) is 0 Å². The van der Waals surface area contributed by atoms with Crippen LogP contribution in [0.2, 0.25) is 0 Å². The van der Waals surface area contributed by atoms with Crippen molar-refractivity contribution >= 4 is 46.6 Å². The summed E-state index contributed by atoms with van der Waals surface area (Å²) >= 11 is 0.340. The van der Waals surface area contributed by atoms with Gasteiger partial charge in [-0.05, 0) is 0 Å². The second-order valence-electron chi connectivity index (χ2n) is 8.27. The van der Waals surface area contributed by atoms with Gasteiger partial charge in [0.2, 0.25) is 0 Å². The van der Waals surface area contributed by atoms with Crippen molar-refractivity contribution in [3.63, 3.8) is 0 Å². The smallest absolute Gasteiger partial charge is 1.00 e. The average Bonchev–Trinajstić information content (AvgIpc) is 2.77. The second kappa shape index (κ2) is 13.6. The van der Waals surface area contributed by atoms with E-state index in [-0.39, 0.29) is 24.0 Å². The zero-order chi connectivity index (χ0) is 21.3. The average molecular weight is 599 g/mol. The van der Waals surface area contributed by atoms with Crippen LogP contribution in [0.5, 0.6) is 0 Å². The van der Waals surface area contributed by atoms with Crippen LogP contribution in [0, 0.1) is 0 Å². The van der Waals surface area contributed by atoms with Crippen LogP contribution in [0.25, 0.3) is 0 Å². The van der Waals surface area contributed by atoms with Crippen LogP contribution >= 0.6 is 0 Å². The van der Waals surface area contributed by atoms with E-state index in [1.807, 2.05) is 0 Å². The molecule has 1 aliphatic rings. The molecule has 0 bridgehead atoms. The Hall–Kier alpha value is -0.911. The first-order valence-corrected chi connectivity index (χ1v) is 13.6. The van der Waals surface area contributed by atoms with Crippen LogP contribution < -0.4 is 48.0 Å². The summed E-state index contributed by atoms with van der Waals surface area (Å²) in [6.07, 6.45) is 7.42. The van der Waals surface area contributed by atoms with E-state index < -0.39 is 0 Å². The molecule has 2 aromatic rings. The summed E-state index contributed by atoms with van der Waals surface area (Å²) in [6.45, 7) is 13.7. The maximum Gasteiger partial charge on any atom is -1.00 e. The van der Waals surface area contributed by atoms with Gasteiger partial charge in [0.15, 0.2) is 0 Å². The molecule has 0 saturated carbocycles. The Labute approximate surface area is 213 Å². The van der Waals surface area contributed by atoms with Gasteiger partial charge >= 0.3 is 191 Å². The minimum atomic E-state index is 0. The number of rotatable bonds is 12. The number of nitrogens with zero attached hydrogens (tertiary/aromatic N) is 2. The largest absolute Gasteiger partial charge is 1.00 e. The topological polar surface area (TPSA) is 18.5 Å². The number of halogens is 1. The van der Waals surface area contributed by atoms with Crippen molar-refractivity contribution in [1.29, 1.82) is 0 Å². The van der Waals surface area contributed by atoms with Gasteiger partial charge in [-0.1, -0.05) is 0 Å². The maximum atomic E-state index is 3.70. The quantitative estimate of drug-likeness (QED) is 0.255. The minimum absolute atomic E-state index is 0. The zero-order valence-corrected chi connectivity index (χ0v) is 23.6. The van der Waals surface area contributed by atoms with Crippen molar-refractivity contribution in [3.8, 4) is 0 Å². The van der Waals surface area contributed by atoms with E-state index in [0.29, 0.717) is 15.0 Å². The third kappa shape index (κ3) is 7.03. The third-order valence-corrected chi connectivity index (χ3v) is 8.04. The van der Waals surface area contributed by atoms with Gasteiger partial charge in [-0.2, -0.15) is 0 Å². The molecule has 2 aromatic carbocycles. The molecule has 1 aliphatic heterocycles. The molecule has 171 valence electrons. The van der Waals surface area contributed by atoms with Gasteiger partial charge in [-0.25, -0.2) is 0 Å². The summed E-state index contributed by atoms with van der Waals surface area (Å²) in [4.78, 5) is 5.14. The molecule has 0 saturated heterocycles. The summed E-state index contributed by atoms with van der Waals surface area (Å²) in [7, 11) is 0. The molecule has 0 spiro atoms. The second-order valence-corrected chi connectivity index (χ2v) is 10.5. The molecule has 1 N–H and O–H groups in total. The van der Waals surface area contributed by atoms with Crippen molar-refractivity contribution in [2.45, 2.75) is 66.2 Å². The van der Waals surface area contributed by atoms with Gasteiger partial charge in [0.25, 0.3) is 0 Å². The number of fused-ring (bicyclic) bond motifs is 2. The Morgan fingerprint density at radius 3 is 1.52 bits per heavy atom. The van der Waals surface area contributed by atoms with Crippen molar-refractivity contribution in [1.82, 2.24) is 0 Å². The van der Waals surface area contributed by atoms with E-state index in [0.717, 1.165) is 13.1 Å². The Balaban J connectivity index is 0.00000341. The monoisotopic (exact) mass is 600 g/mol. The molecule has 0 unspecified atom stereocenters. The van der Waals surface area contributed by atoms with E-state index in [1.165, 1.54) is 83.3 Å². The Bertz CT molecular complexity index is 797. The molecule has 1 radical (unpaired) electrons. The minimum Gasteiger partial charge on any atom is -1.00 e. The fraction of sp³-hybridized carbons (Fsp3) is 0.538. The fourth-order valence-electron chi connectivity index (χ4n) is 4.03. The van der Waals surface area contributed by atoms with E-state index in [2.05, 4.69) is 79.2 Å². The molecule has 0 atom stereocenters. The first-order valence-electron chi connectivity index (χ1n) is 11.9. The number of hydrogen-bond acceptors (Lipinski definition) is 3. The van der Waals surface area contributed by atoms with Crippen molar-refractivity contribution in [2.24, 2.45) is 0 Å². The van der Waals surface area contributed by atoms with Gasteiger partial charge < -0.3 is 24.0 Å². The molecule has 0 aliphatic carbocycles. The van der Waals surface area contributed by atoms with Crippen LogP contribution in [0.3, 0.4) is 0 Å². The van der Waals surface area contributed by atoms with E-state index in [1.54, 1.807) is 0 Å². The molecule has 0 amide bonds. The molecule has 31 heavy (non-hydrogen) atoms. The molecule has 3 rings (SSSR count). The SMILES string of the molecule is CCCCN(CCCC)c1ccc2c(c1)[Se+]c1cc(N(CCC)CCC)ccc1N2.[I-]. The molecular weight excluding hydrogens is 560 g/mol. The normalized spacial score (nSPS) is 11.7. The summed E-state index contributed by atoms with van der Waals surface area (Å²) in [5.74, 6) is 0. The van der Waals surface area contributed by atoms with Crippen LogP contribution in [0.4, 0.5) is 22.7 Å². The summed E-state index contributed by atoms with van der Waals surface area (Å²) in [6, 6.07) is 14.1. The van der Waals surface area contributed by atoms with E-state index in [9.17, 15) is 0 Å². The van der Waals surface area contributed by atoms with Crippen molar-refractivity contribution in [3.05, 3.63) is 36.4 Å². The van der Waals surface area contributed by atoms with Crippen LogP contribution in [0.15, 0.2) is 36.4 Å². The predicted molar refractivity (Wildman–Crippen MR) is 136 cm³/mol. The number of anilines is 4. The molecule has 0 aromatic heterocycles. The molecule has 3 nitrogen and oxygen atoms in total. The van der Waals surface area contributed by atoms with Gasteiger partial charge in [0.05, 0.1) is 0 Å². The Morgan fingerprint density at radius 1 is 0.645 bits per heavy atom. The summed E-state index contributed by atoms with van der Waals surface area (Å²) < 4.78 is 2.97. The molecular formula is C26H39IN3Se. The van der Waals surface area contributed by atoms with Gasteiger partial charge in [-0.15, -0.1) is 0 Å². The number of hydrogen-bond donors (Lipinski definition) is 1. The Kier molecular flexibility index (Phi) is 11.6. The number of unbranched alkanes of at least 4 members (excludes halogenated alkanes) is 2. The van der Waals surface area contributed by atoms with Gasteiger partial charge in [-0.3, -0.25) is 0 Å². The standard InChI is InChI=1S/C26H39N3Se.HI/c1-5-9-17-29(18-10-6-2)22-12-14-24-26(20-22)30-25-19-21(11-13-23(25)27-24)28(15-7-3)16-8-4;/h11-14,19-20,27H,5-10,15-18H2,1-4H3;1H/q+1;/p-1. The molecule has 1 heterocycles. The van der Waals surface area contributed by atoms with E-state index >= 15 is 0 Å². The summed E-state index contributed by atoms with van der Waals surface area (Å²) in [5, 5.41) is 3.70. The Morgan fingerprint density at radius 2 is 1.10 bits per heavy atom. The van der Waals surface area contributed by atoms with Crippen LogP contribution in [0.1, 0.15) is 66.2 Å². The molecule has 0 fully saturated rings. The number of benzene rings is 2. The third-order valence-electron chi connectivity index (χ3n) is 5.70. The summed E-state index contributed by atoms with van der Waals surface area (Å²) in [5.41, 5.74) is 5.37. The first kappa shape index (κ1) is 26.3. The predicted octanol–water partition coefficient (Wildman–Crippen LogP) is 2.44. The first-order chi connectivity index (χ1) is 14.7. The van der Waals surface area contributed by atoms with E-state index in [4.69, 9.17) is 0 Å². The molecule has 5 heteroatoms. The van der Waals surface area contributed by atoms with Gasteiger partial charge in [0, 0.05) is 0 Å².